The van der Waals surface area contributed by atoms with Crippen LogP contribution in [0.5, 0.6) is 0 Å². The number of sulfonamides is 1. The van der Waals surface area contributed by atoms with Gasteiger partial charge in [0.15, 0.2) is 0 Å². The molecule has 0 heterocycles. The fourth-order valence-electron chi connectivity index (χ4n) is 1.61. The first-order valence-corrected chi connectivity index (χ1v) is 7.85. The third kappa shape index (κ3) is 6.43. The summed E-state index contributed by atoms with van der Waals surface area (Å²) in [4.78, 5) is 11.8. The number of nitrogens with one attached hydrogen (secondary N) is 2. The zero-order valence-electron chi connectivity index (χ0n) is 12.2. The predicted octanol–water partition coefficient (Wildman–Crippen LogP) is 0.455. The first kappa shape index (κ1) is 19.9. The molecule has 0 unspecified atom stereocenters. The van der Waals surface area contributed by atoms with Crippen molar-refractivity contribution < 1.29 is 13.2 Å². The van der Waals surface area contributed by atoms with Crippen LogP contribution in [0.2, 0.25) is 0 Å². The zero-order chi connectivity index (χ0) is 15.0. The molecule has 0 bridgehead atoms. The minimum absolute atomic E-state index is 0. The van der Waals surface area contributed by atoms with Crippen molar-refractivity contribution >= 4 is 28.3 Å². The van der Waals surface area contributed by atoms with Gasteiger partial charge in [-0.25, -0.2) is 8.42 Å². The minimum Gasteiger partial charge on any atom is -0.355 e. The third-order valence-corrected chi connectivity index (χ3v) is 4.56. The fraction of sp³-hybridized carbons (Fsp3) is 0.462. The predicted molar refractivity (Wildman–Crippen MR) is 85.1 cm³/mol. The Morgan fingerprint density at radius 3 is 2.38 bits per heavy atom. The SMILES string of the molecule is CNCCCNC(=O)CN(C)S(=O)(=O)c1ccccc1.Cl. The number of nitrogens with zero attached hydrogens (tertiary/aromatic N) is 1. The molecular weight excluding hydrogens is 314 g/mol. The molecule has 0 spiro atoms. The lowest BCUT2D eigenvalue weighted by Gasteiger charge is -2.16. The Morgan fingerprint density at radius 1 is 1.19 bits per heavy atom. The summed E-state index contributed by atoms with van der Waals surface area (Å²) in [5.74, 6) is -0.303. The Hall–Kier alpha value is -1.15. The average Bonchev–Trinajstić information content (AvgIpc) is 2.44. The van der Waals surface area contributed by atoms with Gasteiger partial charge in [-0.2, -0.15) is 4.31 Å². The van der Waals surface area contributed by atoms with E-state index in [0.717, 1.165) is 17.3 Å². The number of hydrogen-bond donors (Lipinski definition) is 2. The average molecular weight is 336 g/mol. The summed E-state index contributed by atoms with van der Waals surface area (Å²) in [6.45, 7) is 1.15. The Balaban J connectivity index is 0.00000400. The summed E-state index contributed by atoms with van der Waals surface area (Å²) in [5.41, 5.74) is 0. The van der Waals surface area contributed by atoms with Gasteiger partial charge in [-0.15, -0.1) is 12.4 Å². The summed E-state index contributed by atoms with van der Waals surface area (Å²) in [6, 6.07) is 8.07. The second-order valence-corrected chi connectivity index (χ2v) is 6.43. The van der Waals surface area contributed by atoms with Crippen LogP contribution in [0.3, 0.4) is 0 Å². The van der Waals surface area contributed by atoms with Crippen LogP contribution in [0.1, 0.15) is 6.42 Å². The Morgan fingerprint density at radius 2 is 1.81 bits per heavy atom. The summed E-state index contributed by atoms with van der Waals surface area (Å²) in [6.07, 6.45) is 0.803. The Bertz CT molecular complexity index is 523. The highest BCUT2D eigenvalue weighted by atomic mass is 35.5. The number of carbonyl (C=O) groups is 1. The van der Waals surface area contributed by atoms with Gasteiger partial charge in [0.1, 0.15) is 0 Å². The van der Waals surface area contributed by atoms with Crippen LogP contribution >= 0.6 is 12.4 Å². The molecule has 6 nitrogen and oxygen atoms in total. The Labute approximate surface area is 132 Å². The van der Waals surface area contributed by atoms with Crippen LogP contribution in [-0.4, -0.2) is 52.4 Å². The summed E-state index contributed by atoms with van der Waals surface area (Å²) in [7, 11) is -0.375. The normalized spacial score (nSPS) is 11.0. The summed E-state index contributed by atoms with van der Waals surface area (Å²) >= 11 is 0. The Kier molecular flexibility index (Phi) is 9.19. The van der Waals surface area contributed by atoms with Crippen molar-refractivity contribution in [1.29, 1.82) is 0 Å². The van der Waals surface area contributed by atoms with Crippen molar-refractivity contribution in [2.45, 2.75) is 11.3 Å². The number of benzene rings is 1. The van der Waals surface area contributed by atoms with Crippen molar-refractivity contribution in [1.82, 2.24) is 14.9 Å². The molecular formula is C13H22ClN3O3S. The molecule has 0 fully saturated rings. The van der Waals surface area contributed by atoms with E-state index in [1.807, 2.05) is 7.05 Å². The second-order valence-electron chi connectivity index (χ2n) is 4.38. The van der Waals surface area contributed by atoms with Gasteiger partial charge < -0.3 is 10.6 Å². The molecule has 0 radical (unpaired) electrons. The molecule has 1 aromatic rings. The molecule has 21 heavy (non-hydrogen) atoms. The van der Waals surface area contributed by atoms with Gasteiger partial charge in [-0.05, 0) is 32.1 Å². The van der Waals surface area contributed by atoms with E-state index in [1.54, 1.807) is 18.2 Å². The van der Waals surface area contributed by atoms with Crippen molar-refractivity contribution in [3.05, 3.63) is 30.3 Å². The minimum atomic E-state index is -3.61. The van der Waals surface area contributed by atoms with Crippen molar-refractivity contribution in [3.8, 4) is 0 Å². The maximum absolute atomic E-state index is 12.2. The molecule has 0 aromatic heterocycles. The largest absolute Gasteiger partial charge is 0.355 e. The van der Waals surface area contributed by atoms with Crippen molar-refractivity contribution in [2.24, 2.45) is 0 Å². The monoisotopic (exact) mass is 335 g/mol. The molecule has 8 heteroatoms. The molecule has 0 saturated heterocycles. The third-order valence-electron chi connectivity index (χ3n) is 2.74. The van der Waals surface area contributed by atoms with Gasteiger partial charge >= 0.3 is 0 Å². The summed E-state index contributed by atoms with van der Waals surface area (Å²) in [5, 5.41) is 5.66. The quantitative estimate of drug-likeness (QED) is 0.676. The summed E-state index contributed by atoms with van der Waals surface area (Å²) < 4.78 is 25.4. The maximum Gasteiger partial charge on any atom is 0.243 e. The van der Waals surface area contributed by atoms with Gasteiger partial charge in [0, 0.05) is 13.6 Å². The van der Waals surface area contributed by atoms with Crippen LogP contribution in [-0.2, 0) is 14.8 Å². The van der Waals surface area contributed by atoms with E-state index >= 15 is 0 Å². The molecule has 0 aliphatic heterocycles. The molecule has 2 N–H and O–H groups in total. The molecule has 0 aliphatic rings. The van der Waals surface area contributed by atoms with E-state index in [9.17, 15) is 13.2 Å². The van der Waals surface area contributed by atoms with Crippen molar-refractivity contribution in [3.63, 3.8) is 0 Å². The number of halogens is 1. The van der Waals surface area contributed by atoms with Gasteiger partial charge in [-0.1, -0.05) is 18.2 Å². The lowest BCUT2D eigenvalue weighted by atomic mass is 10.4. The van der Waals surface area contributed by atoms with E-state index < -0.39 is 10.0 Å². The zero-order valence-corrected chi connectivity index (χ0v) is 13.8. The highest BCUT2D eigenvalue weighted by Crippen LogP contribution is 2.12. The van der Waals surface area contributed by atoms with E-state index in [1.165, 1.54) is 19.2 Å². The molecule has 1 rings (SSSR count). The molecule has 0 saturated carbocycles. The van der Waals surface area contributed by atoms with Crippen LogP contribution in [0.25, 0.3) is 0 Å². The highest BCUT2D eigenvalue weighted by molar-refractivity contribution is 7.89. The highest BCUT2D eigenvalue weighted by Gasteiger charge is 2.22. The first-order chi connectivity index (χ1) is 9.48. The number of carbonyl (C=O) groups excluding carboxylic acids is 1. The van der Waals surface area contributed by atoms with Gasteiger partial charge in [0.2, 0.25) is 15.9 Å². The van der Waals surface area contributed by atoms with Crippen LogP contribution in [0.15, 0.2) is 35.2 Å². The van der Waals surface area contributed by atoms with E-state index in [4.69, 9.17) is 0 Å². The number of likely N-dealkylation sites (N-methyl/N-ethyl adjacent to an activating group) is 1. The maximum atomic E-state index is 12.2. The smallest absolute Gasteiger partial charge is 0.243 e. The lowest BCUT2D eigenvalue weighted by molar-refractivity contribution is -0.121. The topological polar surface area (TPSA) is 78.5 Å². The second kappa shape index (κ2) is 9.73. The molecule has 1 aromatic carbocycles. The van der Waals surface area contributed by atoms with E-state index in [0.29, 0.717) is 6.54 Å². The van der Waals surface area contributed by atoms with Gasteiger partial charge in [0.05, 0.1) is 11.4 Å². The fourth-order valence-corrected chi connectivity index (χ4v) is 2.76. The van der Waals surface area contributed by atoms with Gasteiger partial charge in [0.25, 0.3) is 0 Å². The molecule has 0 atom stereocenters. The van der Waals surface area contributed by atoms with Gasteiger partial charge in [-0.3, -0.25) is 4.79 Å². The van der Waals surface area contributed by atoms with E-state index in [-0.39, 0.29) is 29.8 Å². The van der Waals surface area contributed by atoms with Crippen LogP contribution in [0, 0.1) is 0 Å². The first-order valence-electron chi connectivity index (χ1n) is 6.41. The number of rotatable bonds is 8. The lowest BCUT2D eigenvalue weighted by Crippen LogP contribution is -2.39. The number of amides is 1. The molecule has 0 aliphatic carbocycles. The molecule has 120 valence electrons. The van der Waals surface area contributed by atoms with E-state index in [2.05, 4.69) is 10.6 Å². The molecule has 1 amide bonds. The van der Waals surface area contributed by atoms with Crippen molar-refractivity contribution in [2.75, 3.05) is 33.7 Å². The van der Waals surface area contributed by atoms with Crippen LogP contribution < -0.4 is 10.6 Å². The van der Waals surface area contributed by atoms with Crippen LogP contribution in [0.4, 0.5) is 0 Å². The number of hydrogen-bond acceptors (Lipinski definition) is 4. The standard InChI is InChI=1S/C13H21N3O3S.ClH/c1-14-9-6-10-15-13(17)11-16(2)20(18,19)12-7-4-3-5-8-12;/h3-5,7-8,14H,6,9-11H2,1-2H3,(H,15,17);1H.